The van der Waals surface area contributed by atoms with Crippen molar-refractivity contribution in [3.05, 3.63) is 18.0 Å². The van der Waals surface area contributed by atoms with Crippen molar-refractivity contribution in [2.45, 2.75) is 26.3 Å². The lowest BCUT2D eigenvalue weighted by molar-refractivity contribution is -0.131. The summed E-state index contributed by atoms with van der Waals surface area (Å²) in [5, 5.41) is 4.30. The van der Waals surface area contributed by atoms with Crippen LogP contribution in [0.1, 0.15) is 25.6 Å². The molecule has 14 heavy (non-hydrogen) atoms. The fourth-order valence-electron chi connectivity index (χ4n) is 1.27. The van der Waals surface area contributed by atoms with Crippen molar-refractivity contribution in [2.75, 3.05) is 14.1 Å². The monoisotopic (exact) mass is 195 g/mol. The Balaban J connectivity index is 2.78. The molecular weight excluding hydrogens is 178 g/mol. The van der Waals surface area contributed by atoms with Crippen LogP contribution < -0.4 is 0 Å². The van der Waals surface area contributed by atoms with Gasteiger partial charge in [-0.05, 0) is 19.4 Å². The molecule has 1 atom stereocenters. The van der Waals surface area contributed by atoms with Crippen molar-refractivity contribution in [1.82, 2.24) is 14.7 Å². The molecule has 0 N–H and O–H groups in total. The number of nitrogens with zero attached hydrogens (tertiary/aromatic N) is 3. The van der Waals surface area contributed by atoms with Gasteiger partial charge in [0.25, 0.3) is 0 Å². The lowest BCUT2D eigenvalue weighted by Gasteiger charge is -2.16. The Morgan fingerprint density at radius 2 is 2.29 bits per heavy atom. The summed E-state index contributed by atoms with van der Waals surface area (Å²) in [6, 6.07) is 1.73. The van der Waals surface area contributed by atoms with Crippen molar-refractivity contribution in [3.63, 3.8) is 0 Å². The number of hydrogen-bond acceptors (Lipinski definition) is 2. The topological polar surface area (TPSA) is 38.1 Å². The molecule has 1 unspecified atom stereocenters. The van der Waals surface area contributed by atoms with Gasteiger partial charge in [0, 0.05) is 20.3 Å². The summed E-state index contributed by atoms with van der Waals surface area (Å²) in [7, 11) is 3.51. The Morgan fingerprint density at radius 1 is 1.64 bits per heavy atom. The summed E-state index contributed by atoms with van der Waals surface area (Å²) >= 11 is 0. The van der Waals surface area contributed by atoms with E-state index < -0.39 is 0 Å². The van der Waals surface area contributed by atoms with Crippen molar-refractivity contribution >= 4 is 5.91 Å². The second-order valence-corrected chi connectivity index (χ2v) is 3.55. The maximum atomic E-state index is 11.6. The third kappa shape index (κ3) is 2.13. The molecule has 1 rings (SSSR count). The van der Waals surface area contributed by atoms with Crippen LogP contribution in [0.2, 0.25) is 0 Å². The van der Waals surface area contributed by atoms with Crippen LogP contribution in [-0.2, 0) is 11.2 Å². The average Bonchev–Trinajstić information content (AvgIpc) is 2.63. The van der Waals surface area contributed by atoms with E-state index in [1.54, 1.807) is 23.7 Å². The van der Waals surface area contributed by atoms with Gasteiger partial charge in [0.2, 0.25) is 5.91 Å². The molecule has 78 valence electrons. The number of amides is 1. The van der Waals surface area contributed by atoms with Crippen molar-refractivity contribution in [2.24, 2.45) is 0 Å². The maximum Gasteiger partial charge on any atom is 0.246 e. The van der Waals surface area contributed by atoms with E-state index in [2.05, 4.69) is 5.10 Å². The fraction of sp³-hybridized carbons (Fsp3) is 0.600. The summed E-state index contributed by atoms with van der Waals surface area (Å²) in [5.41, 5.74) is 1.02. The first-order chi connectivity index (χ1) is 6.56. The van der Waals surface area contributed by atoms with Crippen molar-refractivity contribution in [3.8, 4) is 0 Å². The Morgan fingerprint density at radius 3 is 2.71 bits per heavy atom. The van der Waals surface area contributed by atoms with Crippen LogP contribution in [0.15, 0.2) is 12.3 Å². The van der Waals surface area contributed by atoms with Gasteiger partial charge in [0.05, 0.1) is 5.69 Å². The molecule has 0 saturated carbocycles. The molecule has 0 aromatic carbocycles. The van der Waals surface area contributed by atoms with E-state index in [1.807, 2.05) is 26.1 Å². The fourth-order valence-corrected chi connectivity index (χ4v) is 1.27. The molecule has 0 fully saturated rings. The van der Waals surface area contributed by atoms with Crippen molar-refractivity contribution in [1.29, 1.82) is 0 Å². The molecule has 0 aliphatic carbocycles. The largest absolute Gasteiger partial charge is 0.347 e. The predicted molar refractivity (Wildman–Crippen MR) is 55.0 cm³/mol. The Labute approximate surface area is 84.5 Å². The summed E-state index contributed by atoms with van der Waals surface area (Å²) in [5.74, 6) is 0.0655. The minimum Gasteiger partial charge on any atom is -0.347 e. The smallest absolute Gasteiger partial charge is 0.246 e. The number of carbonyl (C=O) groups is 1. The van der Waals surface area contributed by atoms with E-state index in [0.717, 1.165) is 12.1 Å². The average molecular weight is 195 g/mol. The highest BCUT2D eigenvalue weighted by atomic mass is 16.2. The van der Waals surface area contributed by atoms with E-state index in [-0.39, 0.29) is 11.9 Å². The number of rotatable bonds is 3. The molecule has 1 aromatic rings. The van der Waals surface area contributed by atoms with E-state index >= 15 is 0 Å². The molecule has 1 heterocycles. The molecule has 1 aromatic heterocycles. The van der Waals surface area contributed by atoms with Crippen LogP contribution in [-0.4, -0.2) is 34.7 Å². The third-order valence-corrected chi connectivity index (χ3v) is 2.22. The Hall–Kier alpha value is -1.32. The van der Waals surface area contributed by atoms with Gasteiger partial charge in [-0.3, -0.25) is 9.48 Å². The molecule has 4 heteroatoms. The van der Waals surface area contributed by atoms with E-state index in [9.17, 15) is 4.79 Å². The first kappa shape index (κ1) is 10.8. The number of likely N-dealkylation sites (N-methyl/N-ethyl adjacent to an activating group) is 1. The van der Waals surface area contributed by atoms with Crippen LogP contribution >= 0.6 is 0 Å². The Bertz CT molecular complexity index is 317. The Kier molecular flexibility index (Phi) is 3.28. The number of aromatic nitrogens is 2. The van der Waals surface area contributed by atoms with Crippen LogP contribution in [0, 0.1) is 0 Å². The van der Waals surface area contributed by atoms with Crippen LogP contribution in [0.5, 0.6) is 0 Å². The molecule has 0 aliphatic rings. The van der Waals surface area contributed by atoms with E-state index in [4.69, 9.17) is 0 Å². The van der Waals surface area contributed by atoms with Gasteiger partial charge in [-0.2, -0.15) is 5.10 Å². The highest BCUT2D eigenvalue weighted by Gasteiger charge is 2.16. The molecule has 0 aliphatic heterocycles. The molecule has 0 saturated heterocycles. The van der Waals surface area contributed by atoms with Crippen molar-refractivity contribution < 1.29 is 4.79 Å². The minimum absolute atomic E-state index is 0.0655. The van der Waals surface area contributed by atoms with E-state index in [1.165, 1.54) is 0 Å². The van der Waals surface area contributed by atoms with Crippen LogP contribution in [0.3, 0.4) is 0 Å². The molecule has 0 bridgehead atoms. The summed E-state index contributed by atoms with van der Waals surface area (Å²) in [6.07, 6.45) is 2.75. The second-order valence-electron chi connectivity index (χ2n) is 3.55. The van der Waals surface area contributed by atoms with Gasteiger partial charge in [-0.15, -0.1) is 0 Å². The van der Waals surface area contributed by atoms with Crippen LogP contribution in [0.25, 0.3) is 0 Å². The lowest BCUT2D eigenvalue weighted by Crippen LogP contribution is -2.30. The molecule has 0 radical (unpaired) electrons. The summed E-state index contributed by atoms with van der Waals surface area (Å²) in [6.45, 7) is 3.90. The highest BCUT2D eigenvalue weighted by Crippen LogP contribution is 2.08. The zero-order valence-corrected chi connectivity index (χ0v) is 9.19. The minimum atomic E-state index is -0.217. The zero-order chi connectivity index (χ0) is 10.7. The first-order valence-corrected chi connectivity index (χ1v) is 4.81. The highest BCUT2D eigenvalue weighted by molar-refractivity contribution is 5.79. The van der Waals surface area contributed by atoms with Gasteiger partial charge in [0.1, 0.15) is 6.04 Å². The standard InChI is InChI=1S/C10H17N3O/c1-5-9-6-7-13(11-9)8(2)10(14)12(3)4/h6-8H,5H2,1-4H3. The second kappa shape index (κ2) is 4.26. The lowest BCUT2D eigenvalue weighted by atomic mass is 10.3. The molecular formula is C10H17N3O. The molecule has 4 nitrogen and oxygen atoms in total. The predicted octanol–water partition coefficient (Wildman–Crippen LogP) is 1.09. The van der Waals surface area contributed by atoms with Gasteiger partial charge in [0.15, 0.2) is 0 Å². The normalized spacial score (nSPS) is 12.6. The first-order valence-electron chi connectivity index (χ1n) is 4.81. The quantitative estimate of drug-likeness (QED) is 0.724. The number of carbonyl (C=O) groups excluding carboxylic acids is 1. The summed E-state index contributed by atoms with van der Waals surface area (Å²) < 4.78 is 1.71. The number of hydrogen-bond donors (Lipinski definition) is 0. The van der Waals surface area contributed by atoms with Gasteiger partial charge in [-0.1, -0.05) is 6.92 Å². The number of aryl methyl sites for hydroxylation is 1. The SMILES string of the molecule is CCc1ccn(C(C)C(=O)N(C)C)n1. The van der Waals surface area contributed by atoms with Gasteiger partial charge < -0.3 is 4.90 Å². The van der Waals surface area contributed by atoms with Gasteiger partial charge >= 0.3 is 0 Å². The molecule has 0 spiro atoms. The van der Waals surface area contributed by atoms with Gasteiger partial charge in [-0.25, -0.2) is 0 Å². The van der Waals surface area contributed by atoms with Crippen LogP contribution in [0.4, 0.5) is 0 Å². The molecule has 1 amide bonds. The zero-order valence-electron chi connectivity index (χ0n) is 9.19. The third-order valence-electron chi connectivity index (χ3n) is 2.22. The summed E-state index contributed by atoms with van der Waals surface area (Å²) in [4.78, 5) is 13.2. The maximum absolute atomic E-state index is 11.6. The van der Waals surface area contributed by atoms with E-state index in [0.29, 0.717) is 0 Å².